The zero-order chi connectivity index (χ0) is 20.5. The normalized spacial score (nSPS) is 19.8. The molecule has 2 aliphatic rings. The molecule has 3 rings (SSSR count). The third-order valence-corrected chi connectivity index (χ3v) is 5.22. The summed E-state index contributed by atoms with van der Waals surface area (Å²) in [5, 5.41) is 6.90. The number of carbonyl (C=O) groups is 2. The van der Waals surface area contributed by atoms with Gasteiger partial charge in [-0.3, -0.25) is 19.2 Å². The average Bonchev–Trinajstić information content (AvgIpc) is 3.36. The lowest BCUT2D eigenvalue weighted by Crippen LogP contribution is -2.50. The highest BCUT2D eigenvalue weighted by molar-refractivity contribution is 6.02. The lowest BCUT2D eigenvalue weighted by atomic mass is 9.87. The van der Waals surface area contributed by atoms with Crippen molar-refractivity contribution in [2.75, 3.05) is 31.5 Å². The van der Waals surface area contributed by atoms with Gasteiger partial charge in [0.25, 0.3) is 5.91 Å². The largest absolute Gasteiger partial charge is 0.401 e. The Hall–Kier alpha value is -2.61. The number of primary amides is 1. The Morgan fingerprint density at radius 1 is 1.36 bits per heavy atom. The number of halogens is 3. The molecule has 8 nitrogen and oxygen atoms in total. The summed E-state index contributed by atoms with van der Waals surface area (Å²) >= 11 is 0. The molecule has 1 saturated heterocycles. The Bertz CT molecular complexity index is 801. The van der Waals surface area contributed by atoms with Gasteiger partial charge in [-0.05, 0) is 25.7 Å². The summed E-state index contributed by atoms with van der Waals surface area (Å²) < 4.78 is 39.4. The number of alkyl halides is 3. The van der Waals surface area contributed by atoms with Gasteiger partial charge in [-0.15, -0.1) is 0 Å². The fourth-order valence-corrected chi connectivity index (χ4v) is 3.44. The first-order valence-electron chi connectivity index (χ1n) is 8.97. The maximum Gasteiger partial charge on any atom is 0.401 e. The van der Waals surface area contributed by atoms with Crippen LogP contribution in [0.15, 0.2) is 6.20 Å². The monoisotopic (exact) mass is 398 g/mol. The molecule has 1 aliphatic heterocycles. The molecule has 0 radical (unpaired) electrons. The molecule has 0 aromatic carbocycles. The van der Waals surface area contributed by atoms with Crippen LogP contribution >= 0.6 is 0 Å². The highest BCUT2D eigenvalue weighted by Crippen LogP contribution is 2.34. The van der Waals surface area contributed by atoms with Crippen LogP contribution in [0.3, 0.4) is 0 Å². The van der Waals surface area contributed by atoms with Crippen LogP contribution in [0.25, 0.3) is 4.85 Å². The van der Waals surface area contributed by atoms with Gasteiger partial charge in [0, 0.05) is 25.2 Å². The SMILES string of the molecule is [C-]#[N+]CC1(n2cc(C(N)=O)c(NC(=O)C3CC3)n2)CCN(CC(F)(F)F)CC1. The third-order valence-electron chi connectivity index (χ3n) is 5.22. The molecule has 11 heteroatoms. The smallest absolute Gasteiger partial charge is 0.365 e. The van der Waals surface area contributed by atoms with Crippen LogP contribution in [0.1, 0.15) is 36.0 Å². The van der Waals surface area contributed by atoms with Gasteiger partial charge < -0.3 is 15.9 Å². The Kier molecular flexibility index (Phi) is 5.34. The van der Waals surface area contributed by atoms with Gasteiger partial charge in [0.15, 0.2) is 5.82 Å². The Balaban J connectivity index is 1.83. The van der Waals surface area contributed by atoms with Crippen LogP contribution in [0.5, 0.6) is 0 Å². The number of aromatic nitrogens is 2. The molecule has 152 valence electrons. The average molecular weight is 398 g/mol. The van der Waals surface area contributed by atoms with Crippen LogP contribution in [0.4, 0.5) is 19.0 Å². The predicted octanol–water partition coefficient (Wildman–Crippen LogP) is 1.60. The zero-order valence-electron chi connectivity index (χ0n) is 15.1. The number of amides is 2. The molecule has 1 saturated carbocycles. The molecule has 1 aromatic heterocycles. The summed E-state index contributed by atoms with van der Waals surface area (Å²) in [5.41, 5.74) is 4.57. The molecule has 0 spiro atoms. The molecule has 28 heavy (non-hydrogen) atoms. The fourth-order valence-electron chi connectivity index (χ4n) is 3.44. The van der Waals surface area contributed by atoms with Gasteiger partial charge in [0.1, 0.15) is 11.1 Å². The van der Waals surface area contributed by atoms with Crippen molar-refractivity contribution in [2.24, 2.45) is 11.7 Å². The maximum atomic E-state index is 12.6. The van der Waals surface area contributed by atoms with Gasteiger partial charge in [-0.2, -0.15) is 18.3 Å². The summed E-state index contributed by atoms with van der Waals surface area (Å²) in [6, 6.07) is 0. The number of nitrogens with two attached hydrogens (primary N) is 1. The van der Waals surface area contributed by atoms with Crippen molar-refractivity contribution in [1.82, 2.24) is 14.7 Å². The number of nitrogens with zero attached hydrogens (tertiary/aromatic N) is 4. The molecule has 1 aromatic rings. The Morgan fingerprint density at radius 3 is 2.50 bits per heavy atom. The number of carbonyl (C=O) groups excluding carboxylic acids is 2. The van der Waals surface area contributed by atoms with Crippen LogP contribution in [-0.2, 0) is 10.3 Å². The minimum Gasteiger partial charge on any atom is -0.365 e. The molecule has 2 amide bonds. The van der Waals surface area contributed by atoms with E-state index in [4.69, 9.17) is 12.3 Å². The van der Waals surface area contributed by atoms with Crippen molar-refractivity contribution in [3.05, 3.63) is 23.2 Å². The van der Waals surface area contributed by atoms with E-state index >= 15 is 0 Å². The number of nitrogens with one attached hydrogen (secondary N) is 1. The maximum absolute atomic E-state index is 12.6. The summed E-state index contributed by atoms with van der Waals surface area (Å²) in [6.07, 6.45) is -0.826. The lowest BCUT2D eigenvalue weighted by Gasteiger charge is -2.38. The second kappa shape index (κ2) is 7.43. The van der Waals surface area contributed by atoms with Crippen molar-refractivity contribution >= 4 is 17.6 Å². The van der Waals surface area contributed by atoms with Gasteiger partial charge in [-0.1, -0.05) is 0 Å². The zero-order valence-corrected chi connectivity index (χ0v) is 15.1. The van der Waals surface area contributed by atoms with Crippen molar-refractivity contribution < 1.29 is 22.8 Å². The molecule has 0 unspecified atom stereocenters. The molecule has 2 fully saturated rings. The lowest BCUT2D eigenvalue weighted by molar-refractivity contribution is -0.150. The standard InChI is InChI=1S/C17H21F3N6O2/c1-22-9-16(4-6-25(7-5-16)10-17(18,19)20)26-8-12(13(21)27)14(24-26)23-15(28)11-2-3-11/h8,11H,2-7,9-10H2,(H2,21,27)(H,23,24,28). The first-order valence-corrected chi connectivity index (χ1v) is 8.97. The van der Waals surface area contributed by atoms with E-state index < -0.39 is 24.2 Å². The molecular weight excluding hydrogens is 377 g/mol. The number of hydrogen-bond acceptors (Lipinski definition) is 4. The molecule has 2 heterocycles. The van der Waals surface area contributed by atoms with Crippen molar-refractivity contribution in [2.45, 2.75) is 37.4 Å². The van der Waals surface area contributed by atoms with E-state index in [0.29, 0.717) is 0 Å². The number of hydrogen-bond donors (Lipinski definition) is 2. The van der Waals surface area contributed by atoms with Gasteiger partial charge >= 0.3 is 6.18 Å². The summed E-state index contributed by atoms with van der Waals surface area (Å²) in [6.45, 7) is 6.54. The summed E-state index contributed by atoms with van der Waals surface area (Å²) in [4.78, 5) is 28.5. The van der Waals surface area contributed by atoms with E-state index in [9.17, 15) is 22.8 Å². The number of anilines is 1. The fraction of sp³-hybridized carbons (Fsp3) is 0.647. The first kappa shape index (κ1) is 20.1. The van der Waals surface area contributed by atoms with E-state index in [1.807, 2.05) is 0 Å². The minimum atomic E-state index is -4.29. The van der Waals surface area contributed by atoms with Crippen LogP contribution < -0.4 is 11.1 Å². The van der Waals surface area contributed by atoms with Gasteiger partial charge in [0.2, 0.25) is 12.5 Å². The van der Waals surface area contributed by atoms with Gasteiger partial charge in [-0.25, -0.2) is 6.57 Å². The van der Waals surface area contributed by atoms with Crippen molar-refractivity contribution in [3.63, 3.8) is 0 Å². The van der Waals surface area contributed by atoms with Crippen molar-refractivity contribution in [1.29, 1.82) is 0 Å². The quantitative estimate of drug-likeness (QED) is 0.712. The number of piperidine rings is 1. The first-order chi connectivity index (χ1) is 13.1. The molecule has 0 atom stereocenters. The molecule has 0 bridgehead atoms. The van der Waals surface area contributed by atoms with E-state index in [0.717, 1.165) is 12.8 Å². The van der Waals surface area contributed by atoms with Crippen LogP contribution in [0, 0.1) is 12.5 Å². The van der Waals surface area contributed by atoms with E-state index in [1.165, 1.54) is 15.8 Å². The minimum absolute atomic E-state index is 0.00273. The number of likely N-dealkylation sites (tertiary alicyclic amines) is 1. The molecular formula is C17H21F3N6O2. The van der Waals surface area contributed by atoms with E-state index in [1.54, 1.807) is 0 Å². The molecule has 3 N–H and O–H groups in total. The second-order valence-electron chi connectivity index (χ2n) is 7.40. The summed E-state index contributed by atoms with van der Waals surface area (Å²) in [7, 11) is 0. The second-order valence-corrected chi connectivity index (χ2v) is 7.40. The number of rotatable bonds is 6. The van der Waals surface area contributed by atoms with E-state index in [2.05, 4.69) is 15.3 Å². The predicted molar refractivity (Wildman–Crippen MR) is 93.3 cm³/mol. The highest BCUT2D eigenvalue weighted by atomic mass is 19.4. The summed E-state index contributed by atoms with van der Waals surface area (Å²) in [5.74, 6) is -1.09. The molecule has 1 aliphatic carbocycles. The van der Waals surface area contributed by atoms with Crippen LogP contribution in [0.2, 0.25) is 0 Å². The topological polar surface area (TPSA) is 97.6 Å². The van der Waals surface area contributed by atoms with E-state index in [-0.39, 0.29) is 55.7 Å². The Morgan fingerprint density at radius 2 is 2.00 bits per heavy atom. The van der Waals surface area contributed by atoms with Crippen LogP contribution in [-0.4, -0.2) is 58.9 Å². The third kappa shape index (κ3) is 4.44. The highest BCUT2D eigenvalue weighted by Gasteiger charge is 2.43. The Labute approximate surface area is 159 Å². The van der Waals surface area contributed by atoms with Crippen molar-refractivity contribution in [3.8, 4) is 0 Å². The van der Waals surface area contributed by atoms with Gasteiger partial charge in [0.05, 0.1) is 6.54 Å².